The number of carbonyl (C=O) groups excluding carboxylic acids is 1. The highest BCUT2D eigenvalue weighted by Crippen LogP contribution is 2.27. The van der Waals surface area contributed by atoms with Gasteiger partial charge in [-0.15, -0.1) is 0 Å². The average molecular weight is 317 g/mol. The number of anilines is 1. The Morgan fingerprint density at radius 1 is 1.14 bits per heavy atom. The summed E-state index contributed by atoms with van der Waals surface area (Å²) < 4.78 is 10.3. The Balaban J connectivity index is 2.04. The number of benzene rings is 1. The third-order valence-electron chi connectivity index (χ3n) is 2.78. The van der Waals surface area contributed by atoms with E-state index in [1.165, 1.54) is 14.2 Å². The highest BCUT2D eigenvalue weighted by Gasteiger charge is 2.12. The molecule has 0 saturated heterocycles. The van der Waals surface area contributed by atoms with Crippen LogP contribution >= 0.6 is 12.2 Å². The Bertz CT molecular complexity index is 677. The molecular formula is C15H15N3O3S. The smallest absolute Gasteiger partial charge is 0.257 e. The Hall–Kier alpha value is -2.67. The fourth-order valence-electron chi connectivity index (χ4n) is 1.74. The molecule has 0 spiro atoms. The van der Waals surface area contributed by atoms with Crippen molar-refractivity contribution in [3.8, 4) is 11.5 Å². The van der Waals surface area contributed by atoms with Gasteiger partial charge in [0, 0.05) is 11.8 Å². The van der Waals surface area contributed by atoms with Crippen LogP contribution in [0.1, 0.15) is 10.4 Å². The molecule has 0 aliphatic carbocycles. The minimum atomic E-state index is -0.352. The van der Waals surface area contributed by atoms with Gasteiger partial charge in [-0.05, 0) is 42.5 Å². The second-order valence-corrected chi connectivity index (χ2v) is 4.60. The SMILES string of the molecule is COc1ccc(C(=O)NC(=S)Nc2ccccn2)cc1OC. The van der Waals surface area contributed by atoms with Crippen molar-refractivity contribution in [2.75, 3.05) is 19.5 Å². The van der Waals surface area contributed by atoms with E-state index in [4.69, 9.17) is 21.7 Å². The summed E-state index contributed by atoms with van der Waals surface area (Å²) in [5.41, 5.74) is 0.405. The quantitative estimate of drug-likeness (QED) is 0.843. The molecule has 0 atom stereocenters. The number of rotatable bonds is 4. The molecule has 0 aliphatic rings. The van der Waals surface area contributed by atoms with E-state index >= 15 is 0 Å². The fraction of sp³-hybridized carbons (Fsp3) is 0.133. The van der Waals surface area contributed by atoms with Gasteiger partial charge in [0.25, 0.3) is 5.91 Å². The molecule has 1 heterocycles. The van der Waals surface area contributed by atoms with Crippen LogP contribution in [0.2, 0.25) is 0 Å². The van der Waals surface area contributed by atoms with Crippen LogP contribution in [-0.4, -0.2) is 30.2 Å². The number of ether oxygens (including phenoxy) is 2. The van der Waals surface area contributed by atoms with Crippen LogP contribution in [0.25, 0.3) is 0 Å². The van der Waals surface area contributed by atoms with Crippen LogP contribution < -0.4 is 20.1 Å². The van der Waals surface area contributed by atoms with E-state index in [-0.39, 0.29) is 11.0 Å². The lowest BCUT2D eigenvalue weighted by molar-refractivity contribution is 0.0977. The van der Waals surface area contributed by atoms with E-state index in [1.54, 1.807) is 36.5 Å². The molecule has 6 nitrogen and oxygen atoms in total. The van der Waals surface area contributed by atoms with Crippen LogP contribution in [0.4, 0.5) is 5.82 Å². The van der Waals surface area contributed by atoms with Gasteiger partial charge in [-0.2, -0.15) is 0 Å². The predicted molar refractivity (Wildman–Crippen MR) is 87.5 cm³/mol. The number of nitrogens with zero attached hydrogens (tertiary/aromatic N) is 1. The molecule has 1 amide bonds. The molecule has 0 bridgehead atoms. The minimum absolute atomic E-state index is 0.165. The molecule has 2 rings (SSSR count). The zero-order valence-electron chi connectivity index (χ0n) is 12.1. The number of nitrogens with one attached hydrogen (secondary N) is 2. The summed E-state index contributed by atoms with van der Waals surface area (Å²) in [4.78, 5) is 16.2. The number of thiocarbonyl (C=S) groups is 1. The van der Waals surface area contributed by atoms with Crippen molar-refractivity contribution < 1.29 is 14.3 Å². The Kier molecular flexibility index (Phi) is 5.26. The Morgan fingerprint density at radius 3 is 2.55 bits per heavy atom. The lowest BCUT2D eigenvalue weighted by Crippen LogP contribution is -2.34. The molecular weight excluding hydrogens is 302 g/mol. The van der Waals surface area contributed by atoms with Gasteiger partial charge in [0.2, 0.25) is 0 Å². The molecule has 2 N–H and O–H groups in total. The van der Waals surface area contributed by atoms with Crippen molar-refractivity contribution in [2.24, 2.45) is 0 Å². The molecule has 0 radical (unpaired) electrons. The number of methoxy groups -OCH3 is 2. The van der Waals surface area contributed by atoms with Crippen LogP contribution in [-0.2, 0) is 0 Å². The summed E-state index contributed by atoms with van der Waals surface area (Å²) in [5, 5.41) is 5.57. The van der Waals surface area contributed by atoms with Crippen LogP contribution in [0, 0.1) is 0 Å². The van der Waals surface area contributed by atoms with Crippen LogP contribution in [0.5, 0.6) is 11.5 Å². The highest BCUT2D eigenvalue weighted by atomic mass is 32.1. The first-order chi connectivity index (χ1) is 10.6. The Labute approximate surface area is 133 Å². The molecule has 0 aliphatic heterocycles. The topological polar surface area (TPSA) is 72.5 Å². The summed E-state index contributed by atoms with van der Waals surface area (Å²) >= 11 is 5.08. The molecule has 0 fully saturated rings. The number of hydrogen-bond acceptors (Lipinski definition) is 5. The largest absolute Gasteiger partial charge is 0.493 e. The van der Waals surface area contributed by atoms with E-state index in [1.807, 2.05) is 6.07 Å². The summed E-state index contributed by atoms with van der Waals surface area (Å²) in [6.45, 7) is 0. The molecule has 1 aromatic carbocycles. The van der Waals surface area contributed by atoms with Crippen molar-refractivity contribution in [1.29, 1.82) is 0 Å². The number of amides is 1. The maximum atomic E-state index is 12.2. The summed E-state index contributed by atoms with van der Waals surface area (Å²) in [6, 6.07) is 10.2. The van der Waals surface area contributed by atoms with Gasteiger partial charge >= 0.3 is 0 Å². The van der Waals surface area contributed by atoms with Crippen LogP contribution in [0.15, 0.2) is 42.6 Å². The van der Waals surface area contributed by atoms with Gasteiger partial charge in [0.15, 0.2) is 16.6 Å². The van der Waals surface area contributed by atoms with Crippen LogP contribution in [0.3, 0.4) is 0 Å². The zero-order chi connectivity index (χ0) is 15.9. The molecule has 22 heavy (non-hydrogen) atoms. The maximum Gasteiger partial charge on any atom is 0.257 e. The first-order valence-electron chi connectivity index (χ1n) is 6.39. The van der Waals surface area contributed by atoms with E-state index in [0.717, 1.165) is 0 Å². The minimum Gasteiger partial charge on any atom is -0.493 e. The van der Waals surface area contributed by atoms with Crippen molar-refractivity contribution in [3.63, 3.8) is 0 Å². The van der Waals surface area contributed by atoms with E-state index < -0.39 is 0 Å². The number of aromatic nitrogens is 1. The second-order valence-electron chi connectivity index (χ2n) is 4.19. The first kappa shape index (κ1) is 15.7. The highest BCUT2D eigenvalue weighted by molar-refractivity contribution is 7.80. The second kappa shape index (κ2) is 7.37. The lowest BCUT2D eigenvalue weighted by Gasteiger charge is -2.11. The van der Waals surface area contributed by atoms with Gasteiger partial charge in [-0.3, -0.25) is 10.1 Å². The molecule has 2 aromatic rings. The summed E-state index contributed by atoms with van der Waals surface area (Å²) in [5.74, 6) is 1.22. The molecule has 7 heteroatoms. The average Bonchev–Trinajstić information content (AvgIpc) is 2.54. The lowest BCUT2D eigenvalue weighted by atomic mass is 10.2. The van der Waals surface area contributed by atoms with Crippen molar-refractivity contribution >= 4 is 29.1 Å². The van der Waals surface area contributed by atoms with E-state index in [0.29, 0.717) is 22.9 Å². The number of hydrogen-bond donors (Lipinski definition) is 2. The molecule has 1 aromatic heterocycles. The number of pyridine rings is 1. The summed E-state index contributed by atoms with van der Waals surface area (Å²) in [6.07, 6.45) is 1.63. The monoisotopic (exact) mass is 317 g/mol. The normalized spacial score (nSPS) is 9.73. The van der Waals surface area contributed by atoms with Gasteiger partial charge in [-0.25, -0.2) is 4.98 Å². The third kappa shape index (κ3) is 3.92. The van der Waals surface area contributed by atoms with Gasteiger partial charge < -0.3 is 14.8 Å². The summed E-state index contributed by atoms with van der Waals surface area (Å²) in [7, 11) is 3.04. The van der Waals surface area contributed by atoms with Gasteiger partial charge in [0.05, 0.1) is 14.2 Å². The predicted octanol–water partition coefficient (Wildman–Crippen LogP) is 2.23. The van der Waals surface area contributed by atoms with E-state index in [2.05, 4.69) is 15.6 Å². The fourth-order valence-corrected chi connectivity index (χ4v) is 1.93. The van der Waals surface area contributed by atoms with E-state index in [9.17, 15) is 4.79 Å². The third-order valence-corrected chi connectivity index (χ3v) is 2.98. The molecule has 114 valence electrons. The van der Waals surface area contributed by atoms with Crippen molar-refractivity contribution in [3.05, 3.63) is 48.2 Å². The standard InChI is InChI=1S/C15H15N3O3S/c1-20-11-7-6-10(9-12(11)21-2)14(19)18-15(22)17-13-5-3-4-8-16-13/h3-9H,1-2H3,(H2,16,17,18,19,22). The van der Waals surface area contributed by atoms with Crippen molar-refractivity contribution in [2.45, 2.75) is 0 Å². The first-order valence-corrected chi connectivity index (χ1v) is 6.80. The molecule has 0 unspecified atom stereocenters. The Morgan fingerprint density at radius 2 is 1.91 bits per heavy atom. The van der Waals surface area contributed by atoms with Gasteiger partial charge in [0.1, 0.15) is 5.82 Å². The van der Waals surface area contributed by atoms with Crippen molar-refractivity contribution in [1.82, 2.24) is 10.3 Å². The molecule has 0 saturated carbocycles. The number of carbonyl (C=O) groups is 1. The maximum absolute atomic E-state index is 12.2. The van der Waals surface area contributed by atoms with Gasteiger partial charge in [-0.1, -0.05) is 6.07 Å². The zero-order valence-corrected chi connectivity index (χ0v) is 12.9.